The topological polar surface area (TPSA) is 74.6 Å². The summed E-state index contributed by atoms with van der Waals surface area (Å²) in [6, 6.07) is 7.21. The Kier molecular flexibility index (Phi) is 9.69. The fourth-order valence-corrected chi connectivity index (χ4v) is 6.55. The van der Waals surface area contributed by atoms with Gasteiger partial charge in [0.2, 0.25) is 0 Å². The first kappa shape index (κ1) is 25.6. The molecule has 1 fully saturated rings. The summed E-state index contributed by atoms with van der Waals surface area (Å²) in [5.74, 6) is -1.50. The molecule has 0 aliphatic heterocycles. The number of aromatic carboxylic acids is 1. The van der Waals surface area contributed by atoms with Crippen LogP contribution in [0.25, 0.3) is 0 Å². The number of carboxylic acids is 2. The summed E-state index contributed by atoms with van der Waals surface area (Å²) in [4.78, 5) is 21.3. The summed E-state index contributed by atoms with van der Waals surface area (Å²) in [6.45, 7) is 13.9. The second-order valence-corrected chi connectivity index (χ2v) is 20.0. The highest BCUT2D eigenvalue weighted by molar-refractivity contribution is 6.88. The van der Waals surface area contributed by atoms with Gasteiger partial charge in [-0.05, 0) is 30.5 Å². The highest BCUT2D eigenvalue weighted by atomic mass is 28.3. The van der Waals surface area contributed by atoms with Crippen LogP contribution in [0.15, 0.2) is 24.3 Å². The Morgan fingerprint density at radius 3 is 1.59 bits per heavy atom. The van der Waals surface area contributed by atoms with Gasteiger partial charge in [0, 0.05) is 8.07 Å². The zero-order valence-electron chi connectivity index (χ0n) is 17.0. The van der Waals surface area contributed by atoms with Crippen molar-refractivity contribution in [2.24, 2.45) is 5.92 Å². The van der Waals surface area contributed by atoms with Crippen LogP contribution in [0.3, 0.4) is 0 Å². The molecule has 1 aliphatic rings. The minimum absolute atomic E-state index is 0. The van der Waals surface area contributed by atoms with Crippen LogP contribution in [0.1, 0.15) is 43.5 Å². The fourth-order valence-electron chi connectivity index (χ4n) is 3.32. The van der Waals surface area contributed by atoms with Crippen molar-refractivity contribution in [2.75, 3.05) is 0 Å². The van der Waals surface area contributed by atoms with Gasteiger partial charge in [-0.1, -0.05) is 76.9 Å². The van der Waals surface area contributed by atoms with Crippen LogP contribution in [0.5, 0.6) is 0 Å². The van der Waals surface area contributed by atoms with Crippen LogP contribution >= 0.6 is 0 Å². The Morgan fingerprint density at radius 1 is 0.852 bits per heavy atom. The van der Waals surface area contributed by atoms with Crippen LogP contribution < -0.4 is 5.19 Å². The number of hydrogen-bond donors (Lipinski definition) is 2. The zero-order chi connectivity index (χ0) is 20.1. The third-order valence-electron chi connectivity index (χ3n) is 5.30. The van der Waals surface area contributed by atoms with Crippen molar-refractivity contribution in [3.63, 3.8) is 0 Å². The van der Waals surface area contributed by atoms with Gasteiger partial charge in [0.05, 0.1) is 19.6 Å². The Morgan fingerprint density at radius 2 is 1.30 bits per heavy atom. The van der Waals surface area contributed by atoms with Crippen LogP contribution in [0.4, 0.5) is 0 Å². The maximum atomic E-state index is 10.7. The van der Waals surface area contributed by atoms with Crippen molar-refractivity contribution >= 4 is 33.3 Å². The smallest absolute Gasteiger partial charge is 0.335 e. The van der Waals surface area contributed by atoms with Gasteiger partial charge in [-0.15, -0.1) is 0 Å². The van der Waals surface area contributed by atoms with E-state index in [1.54, 1.807) is 12.1 Å². The molecule has 4 nitrogen and oxygen atoms in total. The van der Waals surface area contributed by atoms with E-state index >= 15 is 0 Å². The molecule has 0 bridgehead atoms. The number of rotatable bonds is 4. The molecule has 1 aliphatic carbocycles. The van der Waals surface area contributed by atoms with Crippen molar-refractivity contribution < 1.29 is 19.8 Å². The van der Waals surface area contributed by atoms with E-state index in [0.717, 1.165) is 31.2 Å². The third-order valence-corrected chi connectivity index (χ3v) is 10.4. The second-order valence-electron chi connectivity index (χ2n) is 9.39. The maximum absolute atomic E-state index is 10.7. The van der Waals surface area contributed by atoms with Crippen molar-refractivity contribution in [2.45, 2.75) is 77.9 Å². The Balaban J connectivity index is 0.000000483. The van der Waals surface area contributed by atoms with Gasteiger partial charge in [-0.2, -0.15) is 0 Å². The van der Waals surface area contributed by atoms with E-state index in [1.165, 1.54) is 5.19 Å². The van der Waals surface area contributed by atoms with Gasteiger partial charge < -0.3 is 10.2 Å². The lowest BCUT2D eigenvalue weighted by molar-refractivity contribution is -0.142. The van der Waals surface area contributed by atoms with Gasteiger partial charge in [0.1, 0.15) is 0 Å². The van der Waals surface area contributed by atoms with Gasteiger partial charge in [0.25, 0.3) is 0 Å². The molecule has 0 radical (unpaired) electrons. The molecule has 1 aromatic rings. The van der Waals surface area contributed by atoms with Crippen LogP contribution in [-0.4, -0.2) is 38.3 Å². The SMILES string of the molecule is C.C[Si](C)(C)C1CCC(C(=O)O)CC1.C[Si](C)(C)c1ccc(C(=O)O)cc1. The molecule has 2 N–H and O–H groups in total. The molecule has 2 rings (SSSR count). The van der Waals surface area contributed by atoms with E-state index in [2.05, 4.69) is 39.3 Å². The summed E-state index contributed by atoms with van der Waals surface area (Å²) >= 11 is 0. The van der Waals surface area contributed by atoms with Crippen LogP contribution in [0.2, 0.25) is 44.8 Å². The molecule has 154 valence electrons. The summed E-state index contributed by atoms with van der Waals surface area (Å²) < 4.78 is 0. The molecule has 0 amide bonds. The monoisotopic (exact) mass is 410 g/mol. The van der Waals surface area contributed by atoms with Crippen molar-refractivity contribution in [3.05, 3.63) is 29.8 Å². The number of aliphatic carboxylic acids is 1. The average Bonchev–Trinajstić information content (AvgIpc) is 2.54. The lowest BCUT2D eigenvalue weighted by Crippen LogP contribution is -2.37. The normalized spacial score (nSPS) is 19.9. The van der Waals surface area contributed by atoms with Crippen LogP contribution in [0, 0.1) is 5.92 Å². The van der Waals surface area contributed by atoms with E-state index in [0.29, 0.717) is 5.56 Å². The quantitative estimate of drug-likeness (QED) is 0.639. The highest BCUT2D eigenvalue weighted by Crippen LogP contribution is 2.39. The van der Waals surface area contributed by atoms with Crippen molar-refractivity contribution in [3.8, 4) is 0 Å². The van der Waals surface area contributed by atoms with E-state index < -0.39 is 28.1 Å². The first-order valence-corrected chi connectivity index (χ1v) is 16.5. The van der Waals surface area contributed by atoms with E-state index in [4.69, 9.17) is 10.2 Å². The van der Waals surface area contributed by atoms with E-state index in [9.17, 15) is 9.59 Å². The average molecular weight is 411 g/mol. The standard InChI is InChI=1S/C10H20O2Si.C10H14O2Si.CH4/c2*1-13(2,3)9-6-4-8(5-7-9)10(11)12;/h8-9H,4-7H2,1-3H3,(H,11,12);4-7H,1-3H3,(H,11,12);1H4. The third kappa shape index (κ3) is 8.43. The second kappa shape index (κ2) is 10.2. The molecular formula is C21H38O4Si2. The summed E-state index contributed by atoms with van der Waals surface area (Å²) in [6.07, 6.45) is 4.11. The van der Waals surface area contributed by atoms with Gasteiger partial charge in [-0.3, -0.25) is 4.79 Å². The van der Waals surface area contributed by atoms with Gasteiger partial charge in [0.15, 0.2) is 0 Å². The minimum Gasteiger partial charge on any atom is -0.481 e. The Labute approximate surface area is 167 Å². The molecule has 0 heterocycles. The summed E-state index contributed by atoms with van der Waals surface area (Å²) in [7, 11) is -2.30. The fraction of sp³-hybridized carbons (Fsp3) is 0.619. The van der Waals surface area contributed by atoms with E-state index in [-0.39, 0.29) is 13.3 Å². The highest BCUT2D eigenvalue weighted by Gasteiger charge is 2.33. The van der Waals surface area contributed by atoms with Gasteiger partial charge >= 0.3 is 11.9 Å². The molecule has 0 unspecified atom stereocenters. The molecule has 0 saturated heterocycles. The summed E-state index contributed by atoms with van der Waals surface area (Å²) in [5, 5.41) is 18.8. The zero-order valence-corrected chi connectivity index (χ0v) is 19.0. The molecule has 27 heavy (non-hydrogen) atoms. The maximum Gasteiger partial charge on any atom is 0.335 e. The molecule has 1 aromatic carbocycles. The molecule has 0 atom stereocenters. The lowest BCUT2D eigenvalue weighted by Gasteiger charge is -2.34. The first-order valence-electron chi connectivity index (χ1n) is 9.39. The Hall–Kier alpha value is -1.41. The first-order chi connectivity index (χ1) is 11.8. The van der Waals surface area contributed by atoms with Crippen molar-refractivity contribution in [1.29, 1.82) is 0 Å². The molecule has 1 saturated carbocycles. The Bertz CT molecular complexity index is 605. The van der Waals surface area contributed by atoms with Crippen molar-refractivity contribution in [1.82, 2.24) is 0 Å². The van der Waals surface area contributed by atoms with Crippen LogP contribution in [-0.2, 0) is 4.79 Å². The number of benzene rings is 1. The molecule has 6 heteroatoms. The predicted octanol–water partition coefficient (Wildman–Crippen LogP) is 5.54. The largest absolute Gasteiger partial charge is 0.481 e. The molecule has 0 spiro atoms. The number of carbonyl (C=O) groups is 2. The predicted molar refractivity (Wildman–Crippen MR) is 120 cm³/mol. The number of hydrogen-bond acceptors (Lipinski definition) is 2. The van der Waals surface area contributed by atoms with Gasteiger partial charge in [-0.25, -0.2) is 4.79 Å². The summed E-state index contributed by atoms with van der Waals surface area (Å²) in [5.41, 5.74) is 1.21. The van der Waals surface area contributed by atoms with E-state index in [1.807, 2.05) is 12.1 Å². The number of carboxylic acid groups (broad SMARTS) is 2. The molecule has 0 aromatic heterocycles. The minimum atomic E-state index is -1.28. The molecular weight excluding hydrogens is 372 g/mol. The lowest BCUT2D eigenvalue weighted by atomic mass is 9.89.